The summed E-state index contributed by atoms with van der Waals surface area (Å²) < 4.78 is 33.1. The predicted octanol–water partition coefficient (Wildman–Crippen LogP) is 3.53. The fourth-order valence-electron chi connectivity index (χ4n) is 2.77. The van der Waals surface area contributed by atoms with E-state index in [0.717, 1.165) is 17.0 Å². The molecule has 0 aliphatic heterocycles. The van der Waals surface area contributed by atoms with Crippen LogP contribution in [0.5, 0.6) is 5.75 Å². The Bertz CT molecular complexity index is 1070. The van der Waals surface area contributed by atoms with Gasteiger partial charge in [-0.15, -0.1) is 10.2 Å². The highest BCUT2D eigenvalue weighted by atomic mass is 32.2. The normalized spacial score (nSPS) is 11.7. The van der Waals surface area contributed by atoms with Gasteiger partial charge in [0.2, 0.25) is 10.0 Å². The molecule has 3 rings (SSSR count). The summed E-state index contributed by atoms with van der Waals surface area (Å²) in [4.78, 5) is 0. The molecule has 0 amide bonds. The lowest BCUT2D eigenvalue weighted by Crippen LogP contribution is -2.25. The summed E-state index contributed by atoms with van der Waals surface area (Å²) in [7, 11) is -0.0942. The van der Waals surface area contributed by atoms with Crippen molar-refractivity contribution in [3.8, 4) is 11.4 Å². The molecular weight excluding hydrogens is 420 g/mol. The number of nitrogens with zero attached hydrogens (tertiary/aromatic N) is 4. The van der Waals surface area contributed by atoms with Gasteiger partial charge < -0.3 is 4.74 Å². The van der Waals surface area contributed by atoms with Crippen LogP contribution in [0.15, 0.2) is 59.8 Å². The highest BCUT2D eigenvalue weighted by molar-refractivity contribution is 7.99. The van der Waals surface area contributed by atoms with Crippen molar-refractivity contribution >= 4 is 21.8 Å². The maximum Gasteiger partial charge on any atom is 0.213 e. The number of para-hydroxylation sites is 2. The Balaban J connectivity index is 1.74. The second kappa shape index (κ2) is 10.1. The van der Waals surface area contributed by atoms with Crippen molar-refractivity contribution < 1.29 is 13.2 Å². The first-order valence-electron chi connectivity index (χ1n) is 9.59. The van der Waals surface area contributed by atoms with Gasteiger partial charge in [-0.3, -0.25) is 4.57 Å². The number of hydrogen-bond donors (Lipinski definition) is 0. The molecule has 0 unspecified atom stereocenters. The average Bonchev–Trinajstić information content (AvgIpc) is 3.14. The predicted molar refractivity (Wildman–Crippen MR) is 120 cm³/mol. The Hall–Kier alpha value is -2.36. The number of rotatable bonds is 10. The van der Waals surface area contributed by atoms with Crippen molar-refractivity contribution in [2.24, 2.45) is 0 Å². The molecule has 160 valence electrons. The lowest BCUT2D eigenvalue weighted by atomic mass is 10.2. The molecule has 3 aromatic rings. The number of thioether (sulfide) groups is 1. The van der Waals surface area contributed by atoms with E-state index in [1.54, 1.807) is 14.1 Å². The van der Waals surface area contributed by atoms with Gasteiger partial charge in [0.15, 0.2) is 11.0 Å². The summed E-state index contributed by atoms with van der Waals surface area (Å²) in [5.41, 5.74) is 1.99. The van der Waals surface area contributed by atoms with Crippen molar-refractivity contribution in [2.45, 2.75) is 25.1 Å². The number of ether oxygens (including phenoxy) is 1. The number of aryl methyl sites for hydroxylation is 1. The molecule has 1 aromatic heterocycles. The van der Waals surface area contributed by atoms with Gasteiger partial charge >= 0.3 is 0 Å². The molecule has 7 nitrogen and oxygen atoms in total. The first kappa shape index (κ1) is 22.3. The van der Waals surface area contributed by atoms with Crippen LogP contribution in [0.4, 0.5) is 0 Å². The standard InChI is InChI=1S/C21H26N4O3S2/c1-17-10-7-8-13-19(17)28-16-20-22-23-21(25(20)18-11-5-4-6-12-18)29-14-9-15-30(26,27)24(2)3/h4-8,10-13H,9,14-16H2,1-3H3. The zero-order valence-corrected chi connectivity index (χ0v) is 19.0. The number of hydrogen-bond acceptors (Lipinski definition) is 6. The summed E-state index contributed by atoms with van der Waals surface area (Å²) in [5, 5.41) is 9.38. The van der Waals surface area contributed by atoms with Gasteiger partial charge in [-0.05, 0) is 37.1 Å². The van der Waals surface area contributed by atoms with Gasteiger partial charge in [-0.25, -0.2) is 12.7 Å². The lowest BCUT2D eigenvalue weighted by Gasteiger charge is -2.12. The molecule has 0 saturated carbocycles. The van der Waals surface area contributed by atoms with Crippen LogP contribution >= 0.6 is 11.8 Å². The van der Waals surface area contributed by atoms with Gasteiger partial charge in [-0.2, -0.15) is 0 Å². The Morgan fingerprint density at radius 3 is 2.43 bits per heavy atom. The quantitative estimate of drug-likeness (QED) is 0.350. The Morgan fingerprint density at radius 1 is 1.03 bits per heavy atom. The van der Waals surface area contributed by atoms with E-state index in [1.807, 2.05) is 66.1 Å². The van der Waals surface area contributed by atoms with Crippen LogP contribution in [0, 0.1) is 6.92 Å². The van der Waals surface area contributed by atoms with Crippen molar-refractivity contribution in [1.29, 1.82) is 0 Å². The monoisotopic (exact) mass is 446 g/mol. The molecule has 30 heavy (non-hydrogen) atoms. The van der Waals surface area contributed by atoms with E-state index in [-0.39, 0.29) is 12.4 Å². The third-order valence-electron chi connectivity index (χ3n) is 4.50. The molecule has 0 fully saturated rings. The smallest absolute Gasteiger partial charge is 0.213 e. The van der Waals surface area contributed by atoms with E-state index in [2.05, 4.69) is 10.2 Å². The number of aromatic nitrogens is 3. The van der Waals surface area contributed by atoms with E-state index in [4.69, 9.17) is 4.74 Å². The van der Waals surface area contributed by atoms with Gasteiger partial charge in [0.1, 0.15) is 12.4 Å². The molecule has 0 N–H and O–H groups in total. The number of benzene rings is 2. The minimum Gasteiger partial charge on any atom is -0.485 e. The van der Waals surface area contributed by atoms with Gasteiger partial charge in [0, 0.05) is 25.5 Å². The Morgan fingerprint density at radius 2 is 1.73 bits per heavy atom. The van der Waals surface area contributed by atoms with Crippen LogP contribution in [0.1, 0.15) is 17.8 Å². The minimum atomic E-state index is -3.20. The second-order valence-corrected chi connectivity index (χ2v) is 10.3. The van der Waals surface area contributed by atoms with Crippen molar-refractivity contribution in [3.63, 3.8) is 0 Å². The van der Waals surface area contributed by atoms with Crippen LogP contribution in [-0.2, 0) is 16.6 Å². The first-order valence-corrected chi connectivity index (χ1v) is 12.2. The average molecular weight is 447 g/mol. The van der Waals surface area contributed by atoms with Gasteiger partial charge in [0.25, 0.3) is 0 Å². The minimum absolute atomic E-state index is 0.107. The summed E-state index contributed by atoms with van der Waals surface area (Å²) in [6.45, 7) is 2.28. The Labute approximate surface area is 182 Å². The van der Waals surface area contributed by atoms with E-state index in [0.29, 0.717) is 23.2 Å². The highest BCUT2D eigenvalue weighted by Crippen LogP contribution is 2.24. The van der Waals surface area contributed by atoms with E-state index >= 15 is 0 Å². The van der Waals surface area contributed by atoms with Gasteiger partial charge in [-0.1, -0.05) is 48.2 Å². The molecule has 1 heterocycles. The zero-order chi connectivity index (χ0) is 21.6. The first-order chi connectivity index (χ1) is 14.4. The number of sulfonamides is 1. The van der Waals surface area contributed by atoms with Crippen LogP contribution in [0.3, 0.4) is 0 Å². The molecular formula is C21H26N4O3S2. The lowest BCUT2D eigenvalue weighted by molar-refractivity contribution is 0.291. The maximum absolute atomic E-state index is 11.9. The highest BCUT2D eigenvalue weighted by Gasteiger charge is 2.17. The molecule has 0 aliphatic carbocycles. The molecule has 0 saturated heterocycles. The summed E-state index contributed by atoms with van der Waals surface area (Å²) >= 11 is 1.49. The molecule has 0 atom stereocenters. The second-order valence-electron chi connectivity index (χ2n) is 6.92. The van der Waals surface area contributed by atoms with Crippen LogP contribution in [0.2, 0.25) is 0 Å². The summed E-state index contributed by atoms with van der Waals surface area (Å²) in [6, 6.07) is 17.7. The topological polar surface area (TPSA) is 77.3 Å². The fourth-order valence-corrected chi connectivity index (χ4v) is 4.74. The van der Waals surface area contributed by atoms with E-state index in [1.165, 1.54) is 16.1 Å². The molecule has 0 bridgehead atoms. The Kier molecular flexibility index (Phi) is 7.52. The summed E-state index contributed by atoms with van der Waals surface area (Å²) in [5.74, 6) is 2.22. The molecule has 9 heteroatoms. The third-order valence-corrected chi connectivity index (χ3v) is 7.43. The van der Waals surface area contributed by atoms with Gasteiger partial charge in [0.05, 0.1) is 5.75 Å². The van der Waals surface area contributed by atoms with Crippen molar-refractivity contribution in [2.75, 3.05) is 25.6 Å². The van der Waals surface area contributed by atoms with Crippen molar-refractivity contribution in [1.82, 2.24) is 19.1 Å². The molecule has 0 radical (unpaired) electrons. The molecule has 0 aliphatic rings. The SMILES string of the molecule is Cc1ccccc1OCc1nnc(SCCCS(=O)(=O)N(C)C)n1-c1ccccc1. The van der Waals surface area contributed by atoms with Crippen LogP contribution < -0.4 is 4.74 Å². The molecule has 2 aromatic carbocycles. The largest absolute Gasteiger partial charge is 0.485 e. The third kappa shape index (κ3) is 5.62. The fraction of sp³-hybridized carbons (Fsp3) is 0.333. The summed E-state index contributed by atoms with van der Waals surface area (Å²) in [6.07, 6.45) is 0.530. The van der Waals surface area contributed by atoms with E-state index in [9.17, 15) is 8.42 Å². The van der Waals surface area contributed by atoms with E-state index < -0.39 is 10.0 Å². The van der Waals surface area contributed by atoms with Crippen LogP contribution in [-0.4, -0.2) is 53.1 Å². The molecule has 0 spiro atoms. The van der Waals surface area contributed by atoms with Crippen molar-refractivity contribution in [3.05, 3.63) is 66.0 Å². The zero-order valence-electron chi connectivity index (χ0n) is 17.4. The van der Waals surface area contributed by atoms with Crippen LogP contribution in [0.25, 0.3) is 5.69 Å². The maximum atomic E-state index is 11.9.